The van der Waals surface area contributed by atoms with Crippen molar-refractivity contribution in [2.75, 3.05) is 19.8 Å². The Labute approximate surface area is 348 Å². The minimum Gasteiger partial charge on any atom is -0.462 e. The number of allylic oxidation sites excluding steroid dienone is 2. The lowest BCUT2D eigenvalue weighted by atomic mass is 9.99. The van der Waals surface area contributed by atoms with Crippen molar-refractivity contribution in [3.8, 4) is 0 Å². The van der Waals surface area contributed by atoms with Gasteiger partial charge in [0.05, 0.1) is 13.2 Å². The van der Waals surface area contributed by atoms with Gasteiger partial charge in [0.15, 0.2) is 12.4 Å². The van der Waals surface area contributed by atoms with Gasteiger partial charge in [0.25, 0.3) is 0 Å². The fourth-order valence-corrected chi connectivity index (χ4v) is 7.36. The molecule has 0 aromatic rings. The van der Waals surface area contributed by atoms with Gasteiger partial charge in [0.2, 0.25) is 0 Å². The van der Waals surface area contributed by atoms with E-state index in [1.54, 1.807) is 0 Å². The van der Waals surface area contributed by atoms with Crippen LogP contribution in [-0.2, 0) is 28.5 Å². The van der Waals surface area contributed by atoms with Crippen molar-refractivity contribution in [3.63, 3.8) is 0 Å². The average Bonchev–Trinajstić information content (AvgIpc) is 3.21. The second kappa shape index (κ2) is 38.6. The smallest absolute Gasteiger partial charge is 0.306 e. The summed E-state index contributed by atoms with van der Waals surface area (Å²) in [5, 5.41) is 40.1. The van der Waals surface area contributed by atoms with Crippen LogP contribution in [0.2, 0.25) is 0 Å². The van der Waals surface area contributed by atoms with Crippen LogP contribution in [0.4, 0.5) is 0 Å². The summed E-state index contributed by atoms with van der Waals surface area (Å²) >= 11 is 0. The lowest BCUT2D eigenvalue weighted by Crippen LogP contribution is -2.59. The van der Waals surface area contributed by atoms with E-state index < -0.39 is 49.4 Å². The highest BCUT2D eigenvalue weighted by Crippen LogP contribution is 2.23. The van der Waals surface area contributed by atoms with Crippen LogP contribution in [0.15, 0.2) is 12.2 Å². The molecule has 0 spiro atoms. The molecular formula is C47H88O10. The Hall–Kier alpha value is -1.56. The predicted octanol–water partition coefficient (Wildman–Crippen LogP) is 10.3. The molecule has 57 heavy (non-hydrogen) atoms. The Balaban J connectivity index is 2.30. The second-order valence-electron chi connectivity index (χ2n) is 16.6. The molecule has 336 valence electrons. The molecule has 4 N–H and O–H groups in total. The van der Waals surface area contributed by atoms with E-state index in [1.165, 1.54) is 141 Å². The van der Waals surface area contributed by atoms with Crippen molar-refractivity contribution >= 4 is 11.9 Å². The number of ether oxygens (including phenoxy) is 4. The monoisotopic (exact) mass is 813 g/mol. The number of aliphatic hydroxyl groups is 4. The van der Waals surface area contributed by atoms with Crippen molar-refractivity contribution in [1.29, 1.82) is 0 Å². The summed E-state index contributed by atoms with van der Waals surface area (Å²) in [6.45, 7) is 3.44. The zero-order valence-electron chi connectivity index (χ0n) is 36.6. The Bertz CT molecular complexity index is 943. The average molecular weight is 813 g/mol. The third-order valence-corrected chi connectivity index (χ3v) is 11.2. The van der Waals surface area contributed by atoms with E-state index in [0.717, 1.165) is 44.9 Å². The van der Waals surface area contributed by atoms with E-state index in [-0.39, 0.29) is 32.0 Å². The number of rotatable bonds is 40. The highest BCUT2D eigenvalue weighted by atomic mass is 16.7. The largest absolute Gasteiger partial charge is 0.462 e. The lowest BCUT2D eigenvalue weighted by molar-refractivity contribution is -0.305. The van der Waals surface area contributed by atoms with Crippen molar-refractivity contribution < 1.29 is 49.0 Å². The van der Waals surface area contributed by atoms with Gasteiger partial charge in [-0.3, -0.25) is 9.59 Å². The van der Waals surface area contributed by atoms with Crippen LogP contribution in [0.25, 0.3) is 0 Å². The number of carbonyl (C=O) groups excluding carboxylic acids is 2. The van der Waals surface area contributed by atoms with Crippen molar-refractivity contribution in [2.45, 2.75) is 256 Å². The standard InChI is InChI=1S/C47H88O10/c1-3-5-7-9-11-13-15-17-19-20-22-24-26-28-30-32-34-36-43(50)56-40(39-55-47-46(53)45(52)44(51)41(37-48)57-47)38-54-42(49)35-33-31-29-27-25-23-21-18-16-14-12-10-8-6-4-2/h17,19,40-41,44-48,51-53H,3-16,18,20-39H2,1-2H3/b19-17-. The van der Waals surface area contributed by atoms with Gasteiger partial charge in [-0.25, -0.2) is 0 Å². The molecule has 0 radical (unpaired) electrons. The minimum atomic E-state index is -1.59. The fourth-order valence-electron chi connectivity index (χ4n) is 7.36. The van der Waals surface area contributed by atoms with Gasteiger partial charge in [0, 0.05) is 12.8 Å². The topological polar surface area (TPSA) is 152 Å². The number of esters is 2. The summed E-state index contributed by atoms with van der Waals surface area (Å²) in [6.07, 6.45) is 33.5. The zero-order valence-corrected chi connectivity index (χ0v) is 36.6. The molecule has 1 aliphatic rings. The summed E-state index contributed by atoms with van der Waals surface area (Å²) in [6, 6.07) is 0. The molecule has 0 bridgehead atoms. The maximum Gasteiger partial charge on any atom is 0.306 e. The van der Waals surface area contributed by atoms with Gasteiger partial charge in [0.1, 0.15) is 31.0 Å². The van der Waals surface area contributed by atoms with Crippen LogP contribution in [0.3, 0.4) is 0 Å². The number of hydrogen-bond donors (Lipinski definition) is 4. The zero-order chi connectivity index (χ0) is 41.6. The van der Waals surface area contributed by atoms with Crippen molar-refractivity contribution in [3.05, 3.63) is 12.2 Å². The molecule has 1 heterocycles. The molecule has 0 aromatic heterocycles. The first-order chi connectivity index (χ1) is 27.8. The quantitative estimate of drug-likeness (QED) is 0.0267. The molecule has 0 amide bonds. The Kier molecular flexibility index (Phi) is 36.2. The molecule has 0 saturated carbocycles. The molecule has 10 nitrogen and oxygen atoms in total. The summed E-state index contributed by atoms with van der Waals surface area (Å²) in [4.78, 5) is 25.4. The van der Waals surface area contributed by atoms with E-state index >= 15 is 0 Å². The van der Waals surface area contributed by atoms with Gasteiger partial charge >= 0.3 is 11.9 Å². The third-order valence-electron chi connectivity index (χ3n) is 11.2. The second-order valence-corrected chi connectivity index (χ2v) is 16.6. The van der Waals surface area contributed by atoms with E-state index in [4.69, 9.17) is 18.9 Å². The first kappa shape index (κ1) is 53.5. The Morgan fingerprint density at radius 1 is 0.526 bits per heavy atom. The van der Waals surface area contributed by atoms with Crippen LogP contribution in [0, 0.1) is 0 Å². The van der Waals surface area contributed by atoms with Crippen molar-refractivity contribution in [1.82, 2.24) is 0 Å². The van der Waals surface area contributed by atoms with Crippen LogP contribution >= 0.6 is 0 Å². The van der Waals surface area contributed by atoms with E-state index in [1.807, 2.05) is 0 Å². The summed E-state index contributed by atoms with van der Waals surface area (Å²) in [5.74, 6) is -0.800. The van der Waals surface area contributed by atoms with Gasteiger partial charge < -0.3 is 39.4 Å². The summed E-state index contributed by atoms with van der Waals surface area (Å²) in [5.41, 5.74) is 0. The molecule has 0 aromatic carbocycles. The Morgan fingerprint density at radius 3 is 1.37 bits per heavy atom. The molecule has 10 heteroatoms. The SMILES string of the molecule is CCCCCCCC/C=C\CCCCCCCCCC(=O)OC(COC(=O)CCCCCCCCCCCCCCCCC)COC1OC(CO)C(O)C(O)C1O. The van der Waals surface area contributed by atoms with Crippen LogP contribution in [0.1, 0.15) is 219 Å². The molecule has 1 aliphatic heterocycles. The maximum atomic E-state index is 12.8. The van der Waals surface area contributed by atoms with Gasteiger partial charge in [-0.1, -0.05) is 180 Å². The highest BCUT2D eigenvalue weighted by Gasteiger charge is 2.44. The van der Waals surface area contributed by atoms with E-state index in [9.17, 15) is 30.0 Å². The van der Waals surface area contributed by atoms with Crippen molar-refractivity contribution in [2.24, 2.45) is 0 Å². The Morgan fingerprint density at radius 2 is 0.930 bits per heavy atom. The maximum absolute atomic E-state index is 12.8. The molecule has 1 fully saturated rings. The number of hydrogen-bond acceptors (Lipinski definition) is 10. The first-order valence-corrected chi connectivity index (χ1v) is 23.8. The highest BCUT2D eigenvalue weighted by molar-refractivity contribution is 5.70. The molecule has 1 saturated heterocycles. The fraction of sp³-hybridized carbons (Fsp3) is 0.915. The van der Waals surface area contributed by atoms with E-state index in [2.05, 4.69) is 26.0 Å². The van der Waals surface area contributed by atoms with E-state index in [0.29, 0.717) is 6.42 Å². The number of unbranched alkanes of at least 4 members (excludes halogenated alkanes) is 27. The molecule has 6 atom stereocenters. The van der Waals surface area contributed by atoms with Gasteiger partial charge in [-0.05, 0) is 38.5 Å². The molecule has 0 aliphatic carbocycles. The van der Waals surface area contributed by atoms with Gasteiger partial charge in [-0.15, -0.1) is 0 Å². The first-order valence-electron chi connectivity index (χ1n) is 23.8. The molecule has 1 rings (SSSR count). The van der Waals surface area contributed by atoms with Crippen LogP contribution < -0.4 is 0 Å². The normalized spacial score (nSPS) is 20.3. The minimum absolute atomic E-state index is 0.213. The summed E-state index contributed by atoms with van der Waals surface area (Å²) in [7, 11) is 0. The lowest BCUT2D eigenvalue weighted by Gasteiger charge is -2.39. The third kappa shape index (κ3) is 30.2. The summed E-state index contributed by atoms with van der Waals surface area (Å²) < 4.78 is 22.2. The number of carbonyl (C=O) groups is 2. The molecular weight excluding hydrogens is 725 g/mol. The van der Waals surface area contributed by atoms with Gasteiger partial charge in [-0.2, -0.15) is 0 Å². The number of aliphatic hydroxyl groups excluding tert-OH is 4. The van der Waals surface area contributed by atoms with Crippen LogP contribution in [0.5, 0.6) is 0 Å². The predicted molar refractivity (Wildman–Crippen MR) is 229 cm³/mol. The molecule has 6 unspecified atom stereocenters. The van der Waals surface area contributed by atoms with Crippen LogP contribution in [-0.4, -0.2) is 89.0 Å².